The first-order valence-corrected chi connectivity index (χ1v) is 8.82. The summed E-state index contributed by atoms with van der Waals surface area (Å²) in [5.74, 6) is -0.447. The Balaban J connectivity index is 1.69. The Hall–Kier alpha value is -3.42. The van der Waals surface area contributed by atoms with Crippen LogP contribution in [0, 0.1) is 0 Å². The van der Waals surface area contributed by atoms with Crippen LogP contribution in [-0.2, 0) is 4.79 Å². The van der Waals surface area contributed by atoms with E-state index < -0.39 is 0 Å². The number of hydrogen-bond acceptors (Lipinski definition) is 4. The van der Waals surface area contributed by atoms with Crippen molar-refractivity contribution in [3.05, 3.63) is 64.2 Å². The second kappa shape index (κ2) is 6.71. The average Bonchev–Trinajstić information content (AvgIpc) is 3.26. The number of likely N-dealkylation sites (N-methyl/N-ethyl adjacent to an activating group) is 1. The third-order valence-electron chi connectivity index (χ3n) is 4.81. The summed E-state index contributed by atoms with van der Waals surface area (Å²) in [6.45, 7) is 3.09. The maximum atomic E-state index is 12.6. The molecule has 1 aromatic carbocycles. The van der Waals surface area contributed by atoms with Crippen molar-refractivity contribution in [3.63, 3.8) is 0 Å². The van der Waals surface area contributed by atoms with Crippen molar-refractivity contribution < 1.29 is 9.59 Å². The van der Waals surface area contributed by atoms with E-state index in [1.54, 1.807) is 17.0 Å². The predicted molar refractivity (Wildman–Crippen MR) is 99.8 cm³/mol. The van der Waals surface area contributed by atoms with Gasteiger partial charge in [0.05, 0.1) is 5.69 Å². The van der Waals surface area contributed by atoms with Crippen LogP contribution in [0.3, 0.4) is 0 Å². The molecule has 1 saturated heterocycles. The third kappa shape index (κ3) is 3.10. The molecule has 1 fully saturated rings. The van der Waals surface area contributed by atoms with E-state index in [9.17, 15) is 14.4 Å². The number of hydrogen-bond donors (Lipinski definition) is 2. The Labute approximate surface area is 154 Å². The van der Waals surface area contributed by atoms with E-state index in [0.717, 1.165) is 0 Å². The van der Waals surface area contributed by atoms with Gasteiger partial charge in [0.15, 0.2) is 5.65 Å². The van der Waals surface area contributed by atoms with Crippen molar-refractivity contribution >= 4 is 23.1 Å². The molecule has 8 heteroatoms. The lowest BCUT2D eigenvalue weighted by Crippen LogP contribution is -2.24. The van der Waals surface area contributed by atoms with E-state index in [0.29, 0.717) is 30.9 Å². The molecule has 27 heavy (non-hydrogen) atoms. The lowest BCUT2D eigenvalue weighted by molar-refractivity contribution is -0.127. The van der Waals surface area contributed by atoms with Crippen LogP contribution < -0.4 is 10.9 Å². The Bertz CT molecular complexity index is 1070. The molecule has 2 N–H and O–H groups in total. The molecule has 0 bridgehead atoms. The topological polar surface area (TPSA) is 99.6 Å². The van der Waals surface area contributed by atoms with Gasteiger partial charge in [-0.1, -0.05) is 18.2 Å². The summed E-state index contributed by atoms with van der Waals surface area (Å²) in [5, 5.41) is 5.56. The van der Waals surface area contributed by atoms with Gasteiger partial charge in [-0.05, 0) is 19.1 Å². The summed E-state index contributed by atoms with van der Waals surface area (Å²) in [7, 11) is 0. The van der Waals surface area contributed by atoms with Gasteiger partial charge in [0, 0.05) is 43.4 Å². The minimum Gasteiger partial charge on any atom is -0.342 e. The number of benzene rings is 1. The van der Waals surface area contributed by atoms with Gasteiger partial charge in [0.25, 0.3) is 11.5 Å². The Kier molecular flexibility index (Phi) is 4.23. The van der Waals surface area contributed by atoms with Crippen LogP contribution in [-0.4, -0.2) is 44.4 Å². The lowest BCUT2D eigenvalue weighted by Gasteiger charge is -2.13. The highest BCUT2D eigenvalue weighted by Gasteiger charge is 2.31. The van der Waals surface area contributed by atoms with Crippen LogP contribution in [0.25, 0.3) is 5.65 Å². The third-order valence-corrected chi connectivity index (χ3v) is 4.81. The van der Waals surface area contributed by atoms with Gasteiger partial charge in [0.1, 0.15) is 5.56 Å². The number of fused-ring (bicyclic) bond motifs is 1. The standard InChI is InChI=1S/C19H19N5O3/c1-2-23-11-12(8-16(23)25)15-9-17(26)24-18(22-15)14(10-20-24)19(27)21-13-6-4-3-5-7-13/h3-7,9-10,12,20H,2,8,11H2,1H3,(H,21,27)/t12-/m0/s1. The number of aromatic amines is 1. The SMILES string of the molecule is CCN1C[C@@H](c2cc(=O)n3[nH]cc(C(=O)Nc4ccccc4)c3n2)CC1=O. The summed E-state index contributed by atoms with van der Waals surface area (Å²) in [5.41, 5.74) is 1.41. The lowest BCUT2D eigenvalue weighted by atomic mass is 10.0. The molecule has 0 saturated carbocycles. The fraction of sp³-hybridized carbons (Fsp3) is 0.263. The Morgan fingerprint density at radius 1 is 1.30 bits per heavy atom. The number of nitrogens with zero attached hydrogens (tertiary/aromatic N) is 3. The Morgan fingerprint density at radius 2 is 2.07 bits per heavy atom. The van der Waals surface area contributed by atoms with Gasteiger partial charge in [-0.25, -0.2) is 9.50 Å². The zero-order valence-electron chi connectivity index (χ0n) is 14.8. The van der Waals surface area contributed by atoms with Crippen LogP contribution in [0.2, 0.25) is 0 Å². The number of likely N-dealkylation sites (tertiary alicyclic amines) is 1. The van der Waals surface area contributed by atoms with Crippen LogP contribution in [0.1, 0.15) is 35.3 Å². The molecule has 4 rings (SSSR count). The molecular weight excluding hydrogens is 346 g/mol. The second-order valence-electron chi connectivity index (χ2n) is 6.52. The smallest absolute Gasteiger partial charge is 0.272 e. The number of carbonyl (C=O) groups is 2. The summed E-state index contributed by atoms with van der Waals surface area (Å²) >= 11 is 0. The second-order valence-corrected chi connectivity index (χ2v) is 6.52. The molecule has 0 spiro atoms. The van der Waals surface area contributed by atoms with E-state index >= 15 is 0 Å². The zero-order valence-corrected chi connectivity index (χ0v) is 14.8. The van der Waals surface area contributed by atoms with Crippen molar-refractivity contribution in [2.45, 2.75) is 19.3 Å². The predicted octanol–water partition coefficient (Wildman–Crippen LogP) is 1.61. The minimum absolute atomic E-state index is 0.0561. The normalized spacial score (nSPS) is 16.9. The molecule has 1 atom stereocenters. The fourth-order valence-electron chi connectivity index (χ4n) is 3.37. The van der Waals surface area contributed by atoms with Crippen LogP contribution in [0.15, 0.2) is 47.4 Å². The molecule has 3 aromatic rings. The van der Waals surface area contributed by atoms with Crippen LogP contribution in [0.4, 0.5) is 5.69 Å². The van der Waals surface area contributed by atoms with Gasteiger partial charge in [-0.3, -0.25) is 19.5 Å². The van der Waals surface area contributed by atoms with Crippen molar-refractivity contribution in [3.8, 4) is 0 Å². The number of aromatic nitrogens is 3. The number of H-pyrrole nitrogens is 1. The largest absolute Gasteiger partial charge is 0.342 e. The molecule has 3 heterocycles. The molecule has 138 valence electrons. The summed E-state index contributed by atoms with van der Waals surface area (Å²) in [4.78, 5) is 43.4. The first-order chi connectivity index (χ1) is 13.1. The highest BCUT2D eigenvalue weighted by atomic mass is 16.2. The monoisotopic (exact) mass is 365 g/mol. The van der Waals surface area contributed by atoms with E-state index in [1.165, 1.54) is 16.8 Å². The highest BCUT2D eigenvalue weighted by Crippen LogP contribution is 2.26. The minimum atomic E-state index is -0.360. The number of anilines is 1. The van der Waals surface area contributed by atoms with Crippen LogP contribution in [0.5, 0.6) is 0 Å². The maximum Gasteiger partial charge on any atom is 0.272 e. The van der Waals surface area contributed by atoms with Gasteiger partial charge >= 0.3 is 0 Å². The fourth-order valence-corrected chi connectivity index (χ4v) is 3.37. The number of amides is 2. The van der Waals surface area contributed by atoms with Crippen molar-refractivity contribution in [1.82, 2.24) is 19.5 Å². The number of para-hydroxylation sites is 1. The first kappa shape index (κ1) is 17.0. The number of rotatable bonds is 4. The van der Waals surface area contributed by atoms with Crippen LogP contribution >= 0.6 is 0 Å². The summed E-state index contributed by atoms with van der Waals surface area (Å²) < 4.78 is 1.23. The molecule has 2 aromatic heterocycles. The quantitative estimate of drug-likeness (QED) is 0.734. The average molecular weight is 365 g/mol. The summed E-state index contributed by atoms with van der Waals surface area (Å²) in [6, 6.07) is 10.5. The van der Waals surface area contributed by atoms with Gasteiger partial charge < -0.3 is 10.2 Å². The van der Waals surface area contributed by atoms with E-state index in [2.05, 4.69) is 15.4 Å². The van der Waals surface area contributed by atoms with E-state index in [4.69, 9.17) is 0 Å². The molecule has 0 radical (unpaired) electrons. The summed E-state index contributed by atoms with van der Waals surface area (Å²) in [6.07, 6.45) is 1.79. The Morgan fingerprint density at radius 3 is 2.78 bits per heavy atom. The van der Waals surface area contributed by atoms with Crippen molar-refractivity contribution in [2.24, 2.45) is 0 Å². The van der Waals surface area contributed by atoms with E-state index in [-0.39, 0.29) is 34.5 Å². The maximum absolute atomic E-state index is 12.6. The molecule has 0 aliphatic carbocycles. The molecule has 1 aliphatic heterocycles. The molecule has 0 unspecified atom stereocenters. The first-order valence-electron chi connectivity index (χ1n) is 8.82. The van der Waals surface area contributed by atoms with Gasteiger partial charge in [-0.15, -0.1) is 0 Å². The number of nitrogens with one attached hydrogen (secondary N) is 2. The molecule has 8 nitrogen and oxygen atoms in total. The van der Waals surface area contributed by atoms with E-state index in [1.807, 2.05) is 25.1 Å². The molecule has 2 amide bonds. The van der Waals surface area contributed by atoms with Crippen molar-refractivity contribution in [2.75, 3.05) is 18.4 Å². The van der Waals surface area contributed by atoms with Crippen molar-refractivity contribution in [1.29, 1.82) is 0 Å². The zero-order chi connectivity index (χ0) is 19.0. The highest BCUT2D eigenvalue weighted by molar-refractivity contribution is 6.08. The molecular formula is C19H19N5O3. The van der Waals surface area contributed by atoms with Gasteiger partial charge in [0.2, 0.25) is 5.91 Å². The number of carbonyl (C=O) groups excluding carboxylic acids is 2. The van der Waals surface area contributed by atoms with Gasteiger partial charge in [-0.2, -0.15) is 0 Å². The molecule has 1 aliphatic rings.